The van der Waals surface area contributed by atoms with Crippen molar-refractivity contribution in [3.05, 3.63) is 59.2 Å². The van der Waals surface area contributed by atoms with E-state index in [9.17, 15) is 4.79 Å². The molecule has 0 saturated heterocycles. The number of nitrogens with zero attached hydrogens (tertiary/aromatic N) is 1. The van der Waals surface area contributed by atoms with Crippen molar-refractivity contribution >= 4 is 17.0 Å². The second kappa shape index (κ2) is 6.92. The van der Waals surface area contributed by atoms with Crippen LogP contribution in [-0.2, 0) is 17.8 Å². The molecule has 21 heavy (non-hydrogen) atoms. The van der Waals surface area contributed by atoms with E-state index < -0.39 is 5.43 Å². The Morgan fingerprint density at radius 2 is 1.90 bits per heavy atom. The van der Waals surface area contributed by atoms with Crippen LogP contribution in [0.25, 0.3) is 11.1 Å². The number of halogens is 1. The van der Waals surface area contributed by atoms with E-state index in [2.05, 4.69) is 18.2 Å². The van der Waals surface area contributed by atoms with Gasteiger partial charge in [0.05, 0.1) is 6.07 Å². The Labute approximate surface area is 128 Å². The van der Waals surface area contributed by atoms with Gasteiger partial charge in [0.2, 0.25) is 0 Å². The first-order chi connectivity index (χ1) is 10.2. The van der Waals surface area contributed by atoms with Crippen molar-refractivity contribution in [2.45, 2.75) is 20.0 Å². The number of carbonyl (C=O) groups excluding carboxylic acids is 1. The summed E-state index contributed by atoms with van der Waals surface area (Å²) in [7, 11) is 0. The summed E-state index contributed by atoms with van der Waals surface area (Å²) in [5.41, 5.74) is 5.31. The number of hydrogen-bond donors (Lipinski definition) is 0. The Balaban J connectivity index is 0.000000497. The summed E-state index contributed by atoms with van der Waals surface area (Å²) in [6, 6.07) is 16.2. The highest BCUT2D eigenvalue weighted by molar-refractivity contribution is 6.61. The van der Waals surface area contributed by atoms with Crippen molar-refractivity contribution in [3.63, 3.8) is 0 Å². The number of nitriles is 1. The maximum atomic E-state index is 10.7. The average molecular weight is 300 g/mol. The van der Waals surface area contributed by atoms with Gasteiger partial charge >= 0.3 is 5.43 Å². The molecule has 0 aromatic heterocycles. The van der Waals surface area contributed by atoms with Gasteiger partial charge in [-0.15, -0.1) is 0 Å². The summed E-state index contributed by atoms with van der Waals surface area (Å²) in [6.07, 6.45) is 0.890. The largest absolute Gasteiger partial charge is 0.449 e. The number of hydrogen-bond acceptors (Lipinski definition) is 3. The predicted molar refractivity (Wildman–Crippen MR) is 82.0 cm³/mol. The summed E-state index contributed by atoms with van der Waals surface area (Å²) in [5.74, 6) is 0. The summed E-state index contributed by atoms with van der Waals surface area (Å²) in [4.78, 5) is 10.7. The quantitative estimate of drug-likeness (QED) is 0.646. The van der Waals surface area contributed by atoms with Crippen molar-refractivity contribution in [2.75, 3.05) is 0 Å². The van der Waals surface area contributed by atoms with E-state index >= 15 is 0 Å². The van der Waals surface area contributed by atoms with Crippen LogP contribution in [0.1, 0.15) is 23.6 Å². The zero-order valence-corrected chi connectivity index (χ0v) is 12.4. The highest BCUT2D eigenvalue weighted by Gasteiger charge is 2.20. The van der Waals surface area contributed by atoms with E-state index in [0.29, 0.717) is 0 Å². The molecule has 0 saturated carbocycles. The molecule has 106 valence electrons. The highest BCUT2D eigenvalue weighted by atomic mass is 35.5. The van der Waals surface area contributed by atoms with Gasteiger partial charge in [0.1, 0.15) is 6.61 Å². The fourth-order valence-corrected chi connectivity index (χ4v) is 2.55. The minimum atomic E-state index is -0.761. The fraction of sp³-hybridized carbons (Fsp3) is 0.176. The Morgan fingerprint density at radius 1 is 1.24 bits per heavy atom. The van der Waals surface area contributed by atoms with Gasteiger partial charge in [-0.3, -0.25) is 0 Å². The van der Waals surface area contributed by atoms with Crippen LogP contribution in [-0.4, -0.2) is 5.43 Å². The molecule has 0 atom stereocenters. The molecular formula is C17H14ClNO2. The Hall–Kier alpha value is -2.31. The van der Waals surface area contributed by atoms with Crippen LogP contribution in [0, 0.1) is 11.3 Å². The Morgan fingerprint density at radius 3 is 2.62 bits per heavy atom. The average Bonchev–Trinajstić information content (AvgIpc) is 2.85. The Kier molecular flexibility index (Phi) is 4.97. The van der Waals surface area contributed by atoms with Crippen molar-refractivity contribution in [3.8, 4) is 17.2 Å². The van der Waals surface area contributed by atoms with Crippen molar-refractivity contribution in [1.29, 1.82) is 5.26 Å². The predicted octanol–water partition coefficient (Wildman–Crippen LogP) is 4.66. The standard InChI is InChI=1S/C15H11ClO2.C2H3N/c16-15(17)18-9-11-5-3-7-13-12-6-2-1-4-10(12)8-14(11)13;1-2-3/h1-7H,8-9H2;1H3. The first-order valence-corrected chi connectivity index (χ1v) is 6.87. The SMILES string of the molecule is CC#N.O=C(Cl)OCc1cccc2c1Cc1ccccc1-2. The molecular weight excluding hydrogens is 286 g/mol. The summed E-state index contributed by atoms with van der Waals surface area (Å²) in [5, 5.41) is 7.32. The third-order valence-electron chi connectivity index (χ3n) is 3.29. The summed E-state index contributed by atoms with van der Waals surface area (Å²) in [6.45, 7) is 1.67. The number of ether oxygens (including phenoxy) is 1. The lowest BCUT2D eigenvalue weighted by molar-refractivity contribution is 0.167. The topological polar surface area (TPSA) is 50.1 Å². The molecule has 0 radical (unpaired) electrons. The first kappa shape index (κ1) is 15.1. The molecule has 0 N–H and O–H groups in total. The molecule has 3 nitrogen and oxygen atoms in total. The molecule has 2 aromatic carbocycles. The lowest BCUT2D eigenvalue weighted by Crippen LogP contribution is -1.98. The molecule has 1 aliphatic rings. The summed E-state index contributed by atoms with van der Waals surface area (Å²) < 4.78 is 4.88. The van der Waals surface area contributed by atoms with Crippen LogP contribution in [0.4, 0.5) is 4.79 Å². The molecule has 1 aliphatic carbocycles. The zero-order valence-electron chi connectivity index (χ0n) is 11.6. The summed E-state index contributed by atoms with van der Waals surface area (Å²) >= 11 is 5.21. The molecule has 0 spiro atoms. The van der Waals surface area contributed by atoms with Gasteiger partial charge in [-0.2, -0.15) is 5.26 Å². The molecule has 0 bridgehead atoms. The molecule has 0 unspecified atom stereocenters. The first-order valence-electron chi connectivity index (χ1n) is 6.49. The van der Waals surface area contributed by atoms with Gasteiger partial charge < -0.3 is 4.74 Å². The number of benzene rings is 2. The minimum Gasteiger partial charge on any atom is -0.449 e. The Bertz CT molecular complexity index is 704. The number of fused-ring (bicyclic) bond motifs is 3. The molecule has 4 heteroatoms. The van der Waals surface area contributed by atoms with Crippen LogP contribution in [0.5, 0.6) is 0 Å². The normalized spacial score (nSPS) is 10.5. The van der Waals surface area contributed by atoms with E-state index in [1.54, 1.807) is 6.07 Å². The van der Waals surface area contributed by atoms with Gasteiger partial charge in [0.25, 0.3) is 0 Å². The maximum Gasteiger partial charge on any atom is 0.404 e. The van der Waals surface area contributed by atoms with Crippen molar-refractivity contribution < 1.29 is 9.53 Å². The van der Waals surface area contributed by atoms with Crippen molar-refractivity contribution in [1.82, 2.24) is 0 Å². The smallest absolute Gasteiger partial charge is 0.404 e. The van der Waals surface area contributed by atoms with Crippen molar-refractivity contribution in [2.24, 2.45) is 0 Å². The van der Waals surface area contributed by atoms with Gasteiger partial charge in [-0.25, -0.2) is 4.79 Å². The molecule has 0 aliphatic heterocycles. The molecule has 2 aromatic rings. The number of rotatable bonds is 2. The lowest BCUT2D eigenvalue weighted by Gasteiger charge is -2.07. The highest BCUT2D eigenvalue weighted by Crippen LogP contribution is 2.38. The minimum absolute atomic E-state index is 0.236. The van der Waals surface area contributed by atoms with E-state index in [-0.39, 0.29) is 6.61 Å². The van der Waals surface area contributed by atoms with E-state index in [1.807, 2.05) is 24.3 Å². The van der Waals surface area contributed by atoms with Gasteiger partial charge in [-0.05, 0) is 34.2 Å². The number of carbonyl (C=O) groups is 1. The van der Waals surface area contributed by atoms with Gasteiger partial charge in [0.15, 0.2) is 0 Å². The lowest BCUT2D eigenvalue weighted by atomic mass is 10.0. The second-order valence-electron chi connectivity index (χ2n) is 4.53. The van der Waals surface area contributed by atoms with Crippen LogP contribution >= 0.6 is 11.6 Å². The zero-order chi connectivity index (χ0) is 15.2. The van der Waals surface area contributed by atoms with Crippen LogP contribution < -0.4 is 0 Å². The van der Waals surface area contributed by atoms with Crippen LogP contribution in [0.2, 0.25) is 0 Å². The third kappa shape index (κ3) is 3.42. The monoisotopic (exact) mass is 299 g/mol. The molecule has 3 rings (SSSR count). The van der Waals surface area contributed by atoms with Gasteiger partial charge in [-0.1, -0.05) is 42.5 Å². The van der Waals surface area contributed by atoms with E-state index in [4.69, 9.17) is 21.6 Å². The third-order valence-corrected chi connectivity index (χ3v) is 3.40. The molecule has 0 fully saturated rings. The van der Waals surface area contributed by atoms with E-state index in [1.165, 1.54) is 29.2 Å². The maximum absolute atomic E-state index is 10.7. The second-order valence-corrected chi connectivity index (χ2v) is 4.84. The van der Waals surface area contributed by atoms with Crippen LogP contribution in [0.15, 0.2) is 42.5 Å². The fourth-order valence-electron chi connectivity index (χ4n) is 2.49. The molecule has 0 amide bonds. The van der Waals surface area contributed by atoms with Crippen LogP contribution in [0.3, 0.4) is 0 Å². The molecule has 0 heterocycles. The van der Waals surface area contributed by atoms with Gasteiger partial charge in [0, 0.05) is 18.5 Å². The van der Waals surface area contributed by atoms with E-state index in [0.717, 1.165) is 12.0 Å².